The summed E-state index contributed by atoms with van der Waals surface area (Å²) >= 11 is 0. The summed E-state index contributed by atoms with van der Waals surface area (Å²) in [7, 11) is -1.84. The van der Waals surface area contributed by atoms with Gasteiger partial charge < -0.3 is 14.6 Å². The molecule has 3 rings (SSSR count). The normalized spacial score (nSPS) is 15.9. The van der Waals surface area contributed by atoms with Gasteiger partial charge in [0.25, 0.3) is 0 Å². The van der Waals surface area contributed by atoms with E-state index in [0.29, 0.717) is 44.1 Å². The van der Waals surface area contributed by atoms with E-state index >= 15 is 0 Å². The number of aromatic nitrogens is 1. The van der Waals surface area contributed by atoms with Gasteiger partial charge in [-0.1, -0.05) is 6.42 Å². The lowest BCUT2D eigenvalue weighted by Crippen LogP contribution is -2.35. The van der Waals surface area contributed by atoms with Crippen molar-refractivity contribution < 1.29 is 17.9 Å². The number of aryl methyl sites for hydroxylation is 1. The van der Waals surface area contributed by atoms with Crippen molar-refractivity contribution in [2.45, 2.75) is 37.1 Å². The van der Waals surface area contributed by atoms with Gasteiger partial charge in [0, 0.05) is 56.8 Å². The summed E-state index contributed by atoms with van der Waals surface area (Å²) < 4.78 is 34.1. The monoisotopic (exact) mass is 393 g/mol. The molecule has 0 aliphatic carbocycles. The summed E-state index contributed by atoms with van der Waals surface area (Å²) in [6.07, 6.45) is 5.19. The number of hydrogen-bond donors (Lipinski definition) is 1. The van der Waals surface area contributed by atoms with Gasteiger partial charge in [0.05, 0.1) is 11.5 Å². The molecule has 1 N–H and O–H groups in total. The lowest BCUT2D eigenvalue weighted by molar-refractivity contribution is -0.121. The third-order valence-corrected chi connectivity index (χ3v) is 6.80. The summed E-state index contributed by atoms with van der Waals surface area (Å²) in [5.41, 5.74) is 0.928. The molecule has 0 spiro atoms. The smallest absolute Gasteiger partial charge is 0.243 e. The van der Waals surface area contributed by atoms with E-state index < -0.39 is 10.0 Å². The minimum atomic E-state index is -3.43. The fourth-order valence-electron chi connectivity index (χ4n) is 3.39. The Morgan fingerprint density at radius 1 is 1.19 bits per heavy atom. The summed E-state index contributed by atoms with van der Waals surface area (Å²) in [5.74, 6) is -0.0294. The number of nitrogens with zero attached hydrogens (tertiary/aromatic N) is 2. The molecule has 0 saturated carbocycles. The van der Waals surface area contributed by atoms with Gasteiger partial charge in [-0.25, -0.2) is 8.42 Å². The van der Waals surface area contributed by atoms with Crippen molar-refractivity contribution in [1.82, 2.24) is 14.2 Å². The Balaban J connectivity index is 1.70. The third kappa shape index (κ3) is 4.69. The van der Waals surface area contributed by atoms with Gasteiger partial charge in [0.1, 0.15) is 0 Å². The minimum absolute atomic E-state index is 0.0294. The van der Waals surface area contributed by atoms with Gasteiger partial charge in [-0.15, -0.1) is 0 Å². The van der Waals surface area contributed by atoms with Crippen LogP contribution in [0.25, 0.3) is 10.9 Å². The second-order valence-corrected chi connectivity index (χ2v) is 8.73. The molecule has 2 heterocycles. The molecular weight excluding hydrogens is 366 g/mol. The fourth-order valence-corrected chi connectivity index (χ4v) is 4.94. The SMILES string of the molecule is COCCNC(=O)CCn1ccc2cc(S(=O)(=O)N3CCCCC3)ccc21. The van der Waals surface area contributed by atoms with Crippen LogP contribution in [-0.2, 0) is 26.1 Å². The standard InChI is InChI=1S/C19H27N3O4S/c1-26-14-9-20-19(23)8-13-21-12-7-16-15-17(5-6-18(16)21)27(24,25)22-10-3-2-4-11-22/h5-7,12,15H,2-4,8-11,13-14H2,1H3,(H,20,23). The number of carbonyl (C=O) groups is 1. The molecule has 2 aromatic rings. The van der Waals surface area contributed by atoms with Gasteiger partial charge in [0.15, 0.2) is 0 Å². The predicted octanol–water partition coefficient (Wildman–Crippen LogP) is 1.97. The zero-order valence-electron chi connectivity index (χ0n) is 15.7. The van der Waals surface area contributed by atoms with Crippen molar-refractivity contribution in [1.29, 1.82) is 0 Å². The number of ether oxygens (including phenoxy) is 1. The molecule has 1 saturated heterocycles. The molecule has 7 nitrogen and oxygen atoms in total. The van der Waals surface area contributed by atoms with E-state index in [0.717, 1.165) is 30.2 Å². The zero-order chi connectivity index (χ0) is 19.3. The highest BCUT2D eigenvalue weighted by Gasteiger charge is 2.26. The van der Waals surface area contributed by atoms with Crippen molar-refractivity contribution in [3.8, 4) is 0 Å². The maximum atomic E-state index is 12.8. The van der Waals surface area contributed by atoms with E-state index in [-0.39, 0.29) is 5.91 Å². The average Bonchev–Trinajstić information content (AvgIpc) is 3.09. The summed E-state index contributed by atoms with van der Waals surface area (Å²) in [6.45, 7) is 2.73. The first kappa shape index (κ1) is 19.9. The second kappa shape index (κ2) is 8.86. The first-order valence-electron chi connectivity index (χ1n) is 9.37. The highest BCUT2D eigenvalue weighted by molar-refractivity contribution is 7.89. The van der Waals surface area contributed by atoms with Crippen LogP contribution in [-0.4, -0.2) is 56.5 Å². The molecule has 1 aromatic heterocycles. The van der Waals surface area contributed by atoms with Crippen LogP contribution in [0.1, 0.15) is 25.7 Å². The number of rotatable bonds is 8. The quantitative estimate of drug-likeness (QED) is 0.696. The molecule has 148 valence electrons. The topological polar surface area (TPSA) is 80.6 Å². The molecule has 1 amide bonds. The van der Waals surface area contributed by atoms with Gasteiger partial charge in [0.2, 0.25) is 15.9 Å². The molecule has 1 aliphatic rings. The number of amides is 1. The first-order valence-corrected chi connectivity index (χ1v) is 10.8. The Bertz CT molecular complexity index is 885. The molecule has 27 heavy (non-hydrogen) atoms. The molecular formula is C19H27N3O4S. The highest BCUT2D eigenvalue weighted by atomic mass is 32.2. The van der Waals surface area contributed by atoms with Crippen LogP contribution in [0.5, 0.6) is 0 Å². The molecule has 0 unspecified atom stereocenters. The Hall–Kier alpha value is -1.90. The van der Waals surface area contributed by atoms with E-state index in [1.54, 1.807) is 23.5 Å². The molecule has 1 aliphatic heterocycles. The molecule has 1 fully saturated rings. The number of carbonyl (C=O) groups excluding carboxylic acids is 1. The van der Waals surface area contributed by atoms with E-state index in [9.17, 15) is 13.2 Å². The number of methoxy groups -OCH3 is 1. The summed E-state index contributed by atoms with van der Waals surface area (Å²) in [5, 5.41) is 3.67. The lowest BCUT2D eigenvalue weighted by atomic mass is 10.2. The van der Waals surface area contributed by atoms with Crippen molar-refractivity contribution in [3.63, 3.8) is 0 Å². The number of nitrogens with one attached hydrogen (secondary N) is 1. The van der Waals surface area contributed by atoms with Crippen LogP contribution < -0.4 is 5.32 Å². The number of piperidine rings is 1. The number of hydrogen-bond acceptors (Lipinski definition) is 4. The molecule has 0 radical (unpaired) electrons. The second-order valence-electron chi connectivity index (χ2n) is 6.79. The van der Waals surface area contributed by atoms with E-state index in [1.807, 2.05) is 22.9 Å². The fraction of sp³-hybridized carbons (Fsp3) is 0.526. The molecule has 8 heteroatoms. The average molecular weight is 394 g/mol. The van der Waals surface area contributed by atoms with Crippen LogP contribution in [0.2, 0.25) is 0 Å². The van der Waals surface area contributed by atoms with Crippen molar-refractivity contribution in [2.75, 3.05) is 33.4 Å². The molecule has 0 atom stereocenters. The van der Waals surface area contributed by atoms with E-state index in [1.165, 1.54) is 0 Å². The Labute approximate surface area is 160 Å². The van der Waals surface area contributed by atoms with Gasteiger partial charge >= 0.3 is 0 Å². The first-order chi connectivity index (χ1) is 13.0. The zero-order valence-corrected chi connectivity index (χ0v) is 16.5. The Morgan fingerprint density at radius 2 is 1.96 bits per heavy atom. The maximum Gasteiger partial charge on any atom is 0.243 e. The van der Waals surface area contributed by atoms with E-state index in [4.69, 9.17) is 4.74 Å². The van der Waals surface area contributed by atoms with Crippen LogP contribution in [0.3, 0.4) is 0 Å². The van der Waals surface area contributed by atoms with Crippen LogP contribution >= 0.6 is 0 Å². The Kier molecular flexibility index (Phi) is 6.51. The lowest BCUT2D eigenvalue weighted by Gasteiger charge is -2.25. The van der Waals surface area contributed by atoms with Crippen LogP contribution in [0.4, 0.5) is 0 Å². The van der Waals surface area contributed by atoms with Gasteiger partial charge in [-0.3, -0.25) is 4.79 Å². The van der Waals surface area contributed by atoms with Crippen molar-refractivity contribution in [3.05, 3.63) is 30.5 Å². The van der Waals surface area contributed by atoms with Crippen LogP contribution in [0.15, 0.2) is 35.4 Å². The van der Waals surface area contributed by atoms with Crippen molar-refractivity contribution >= 4 is 26.8 Å². The largest absolute Gasteiger partial charge is 0.383 e. The predicted molar refractivity (Wildman–Crippen MR) is 104 cm³/mol. The minimum Gasteiger partial charge on any atom is -0.383 e. The summed E-state index contributed by atoms with van der Waals surface area (Å²) in [6, 6.07) is 7.12. The highest BCUT2D eigenvalue weighted by Crippen LogP contribution is 2.25. The molecule has 0 bridgehead atoms. The number of sulfonamides is 1. The summed E-state index contributed by atoms with van der Waals surface area (Å²) in [4.78, 5) is 12.2. The maximum absolute atomic E-state index is 12.8. The van der Waals surface area contributed by atoms with Crippen molar-refractivity contribution in [2.24, 2.45) is 0 Å². The Morgan fingerprint density at radius 3 is 2.70 bits per heavy atom. The van der Waals surface area contributed by atoms with Gasteiger partial charge in [-0.05, 0) is 37.1 Å². The number of benzene rings is 1. The van der Waals surface area contributed by atoms with E-state index in [2.05, 4.69) is 5.32 Å². The van der Waals surface area contributed by atoms with Crippen LogP contribution in [0, 0.1) is 0 Å². The number of fused-ring (bicyclic) bond motifs is 1. The third-order valence-electron chi connectivity index (χ3n) is 4.90. The van der Waals surface area contributed by atoms with Gasteiger partial charge in [-0.2, -0.15) is 4.31 Å². The molecule has 1 aromatic carbocycles.